The van der Waals surface area contributed by atoms with Gasteiger partial charge in [0.2, 0.25) is 0 Å². The molecule has 1 saturated heterocycles. The summed E-state index contributed by atoms with van der Waals surface area (Å²) in [6.45, 7) is 5.26. The Morgan fingerprint density at radius 1 is 1.35 bits per heavy atom. The predicted molar refractivity (Wildman–Crippen MR) is 80.1 cm³/mol. The highest BCUT2D eigenvalue weighted by Gasteiger charge is 2.38. The largest absolute Gasteiger partial charge is 0.309 e. The first-order valence-corrected chi connectivity index (χ1v) is 7.99. The van der Waals surface area contributed by atoms with Crippen LogP contribution in [0.3, 0.4) is 0 Å². The van der Waals surface area contributed by atoms with Crippen molar-refractivity contribution >= 4 is 0 Å². The minimum Gasteiger partial charge on any atom is -0.309 e. The number of rotatable bonds is 6. The second-order valence-electron chi connectivity index (χ2n) is 6.32. The van der Waals surface area contributed by atoms with E-state index in [0.29, 0.717) is 0 Å². The molecule has 1 aliphatic heterocycles. The minimum atomic E-state index is -0.0783. The van der Waals surface area contributed by atoms with Crippen LogP contribution in [-0.2, 0) is 0 Å². The van der Waals surface area contributed by atoms with Gasteiger partial charge in [0.1, 0.15) is 5.82 Å². The van der Waals surface area contributed by atoms with Crippen molar-refractivity contribution in [3.8, 4) is 0 Å². The monoisotopic (exact) mass is 276 g/mol. The summed E-state index contributed by atoms with van der Waals surface area (Å²) in [5, 5.41) is 3.53. The molecule has 0 radical (unpaired) electrons. The highest BCUT2D eigenvalue weighted by Crippen LogP contribution is 2.38. The molecule has 0 amide bonds. The molecule has 0 aromatic heterocycles. The zero-order chi connectivity index (χ0) is 13.9. The number of hydrogen-bond acceptors (Lipinski definition) is 2. The molecule has 1 saturated carbocycles. The van der Waals surface area contributed by atoms with Gasteiger partial charge >= 0.3 is 0 Å². The summed E-state index contributed by atoms with van der Waals surface area (Å²) in [4.78, 5) is 2.58. The molecule has 1 aromatic carbocycles. The van der Waals surface area contributed by atoms with Crippen LogP contribution in [0.2, 0.25) is 0 Å². The van der Waals surface area contributed by atoms with E-state index in [1.807, 2.05) is 12.1 Å². The Balaban J connectivity index is 1.71. The number of halogens is 1. The molecule has 2 fully saturated rings. The molecule has 0 spiro atoms. The molecule has 2 nitrogen and oxygen atoms in total. The first kappa shape index (κ1) is 14.0. The first-order chi connectivity index (χ1) is 9.78. The van der Waals surface area contributed by atoms with Crippen molar-refractivity contribution in [2.75, 3.05) is 19.6 Å². The second-order valence-corrected chi connectivity index (χ2v) is 6.32. The number of likely N-dealkylation sites (tertiary alicyclic amines) is 1. The van der Waals surface area contributed by atoms with Gasteiger partial charge < -0.3 is 5.32 Å². The lowest BCUT2D eigenvalue weighted by Gasteiger charge is -2.31. The fraction of sp³-hybridized carbons (Fsp3) is 0.647. The van der Waals surface area contributed by atoms with Crippen molar-refractivity contribution in [3.63, 3.8) is 0 Å². The number of hydrogen-bond donors (Lipinski definition) is 1. The average molecular weight is 276 g/mol. The first-order valence-electron chi connectivity index (χ1n) is 7.99. The third kappa shape index (κ3) is 2.89. The van der Waals surface area contributed by atoms with Crippen molar-refractivity contribution < 1.29 is 4.39 Å². The Kier molecular flexibility index (Phi) is 4.37. The molecular weight excluding hydrogens is 251 g/mol. The number of nitrogens with one attached hydrogen (secondary N) is 1. The third-order valence-corrected chi connectivity index (χ3v) is 4.86. The smallest absolute Gasteiger partial charge is 0.128 e. The Morgan fingerprint density at radius 3 is 2.85 bits per heavy atom. The van der Waals surface area contributed by atoms with Gasteiger partial charge in [-0.25, -0.2) is 4.39 Å². The van der Waals surface area contributed by atoms with Crippen LogP contribution < -0.4 is 5.32 Å². The third-order valence-electron chi connectivity index (χ3n) is 4.86. The maximum absolute atomic E-state index is 14.1. The van der Waals surface area contributed by atoms with Crippen molar-refractivity contribution in [1.82, 2.24) is 10.2 Å². The molecule has 1 aliphatic carbocycles. The van der Waals surface area contributed by atoms with E-state index >= 15 is 0 Å². The Bertz CT molecular complexity index is 448. The zero-order valence-electron chi connectivity index (χ0n) is 12.3. The van der Waals surface area contributed by atoms with Gasteiger partial charge in [0.15, 0.2) is 0 Å². The number of nitrogens with zero attached hydrogens (tertiary/aromatic N) is 1. The number of fused-ring (bicyclic) bond motifs is 2. The topological polar surface area (TPSA) is 15.3 Å². The van der Waals surface area contributed by atoms with E-state index in [4.69, 9.17) is 0 Å². The highest BCUT2D eigenvalue weighted by molar-refractivity contribution is 5.22. The second kappa shape index (κ2) is 6.23. The Labute approximate surface area is 121 Å². The summed E-state index contributed by atoms with van der Waals surface area (Å²) in [6.07, 6.45) is 5.17. The lowest BCUT2D eigenvalue weighted by Crippen LogP contribution is -2.40. The fourth-order valence-corrected chi connectivity index (χ4v) is 3.83. The van der Waals surface area contributed by atoms with Gasteiger partial charge in [-0.2, -0.15) is 0 Å². The molecule has 20 heavy (non-hydrogen) atoms. The molecular formula is C17H25FN2. The van der Waals surface area contributed by atoms with E-state index in [9.17, 15) is 4.39 Å². The standard InChI is InChI=1S/C17H25FN2/c1-2-9-19-17(15-5-3-4-6-16(15)18)12-20-11-13-7-8-14(20)10-13/h3-6,13-14,17,19H,2,7-12H2,1H3. The van der Waals surface area contributed by atoms with Crippen molar-refractivity contribution in [1.29, 1.82) is 0 Å². The molecule has 3 unspecified atom stereocenters. The summed E-state index contributed by atoms with van der Waals surface area (Å²) in [7, 11) is 0. The molecule has 1 N–H and O–H groups in total. The molecule has 3 heteroatoms. The maximum Gasteiger partial charge on any atom is 0.128 e. The molecule has 3 rings (SSSR count). The van der Waals surface area contributed by atoms with E-state index in [1.165, 1.54) is 25.8 Å². The van der Waals surface area contributed by atoms with Gasteiger partial charge in [0.05, 0.1) is 0 Å². The molecule has 3 atom stereocenters. The summed E-state index contributed by atoms with van der Waals surface area (Å²) >= 11 is 0. The summed E-state index contributed by atoms with van der Waals surface area (Å²) < 4.78 is 14.1. The lowest BCUT2D eigenvalue weighted by atomic mass is 10.0. The SMILES string of the molecule is CCCNC(CN1CC2CCC1C2)c1ccccc1F. The van der Waals surface area contributed by atoms with Gasteiger partial charge in [-0.05, 0) is 44.2 Å². The van der Waals surface area contributed by atoms with Crippen LogP contribution in [0.1, 0.15) is 44.2 Å². The normalized spacial score (nSPS) is 27.1. The van der Waals surface area contributed by atoms with Crippen molar-refractivity contribution in [3.05, 3.63) is 35.6 Å². The van der Waals surface area contributed by atoms with E-state index < -0.39 is 0 Å². The summed E-state index contributed by atoms with van der Waals surface area (Å²) in [5.74, 6) is 0.818. The Morgan fingerprint density at radius 2 is 2.20 bits per heavy atom. The Hall–Kier alpha value is -0.930. The van der Waals surface area contributed by atoms with Crippen LogP contribution in [0.5, 0.6) is 0 Å². The molecule has 1 aromatic rings. The van der Waals surface area contributed by atoms with E-state index in [2.05, 4.69) is 17.1 Å². The van der Waals surface area contributed by atoms with E-state index in [0.717, 1.165) is 37.0 Å². The van der Waals surface area contributed by atoms with Crippen LogP contribution in [0.15, 0.2) is 24.3 Å². The summed E-state index contributed by atoms with van der Waals surface area (Å²) in [5.41, 5.74) is 0.823. The summed E-state index contributed by atoms with van der Waals surface area (Å²) in [6, 6.07) is 8.08. The fourth-order valence-electron chi connectivity index (χ4n) is 3.83. The van der Waals surface area contributed by atoms with E-state index in [-0.39, 0.29) is 11.9 Å². The molecule has 2 bridgehead atoms. The van der Waals surface area contributed by atoms with Crippen LogP contribution in [0.4, 0.5) is 4.39 Å². The van der Waals surface area contributed by atoms with Gasteiger partial charge in [-0.15, -0.1) is 0 Å². The van der Waals surface area contributed by atoms with Crippen LogP contribution in [0.25, 0.3) is 0 Å². The van der Waals surface area contributed by atoms with Gasteiger partial charge in [-0.3, -0.25) is 4.90 Å². The van der Waals surface area contributed by atoms with Crippen molar-refractivity contribution in [2.24, 2.45) is 5.92 Å². The zero-order valence-corrected chi connectivity index (χ0v) is 12.3. The average Bonchev–Trinajstić information content (AvgIpc) is 3.06. The van der Waals surface area contributed by atoms with Gasteiger partial charge in [-0.1, -0.05) is 25.1 Å². The van der Waals surface area contributed by atoms with Crippen LogP contribution >= 0.6 is 0 Å². The molecule has 110 valence electrons. The molecule has 1 heterocycles. The predicted octanol–water partition coefficient (Wildman–Crippen LogP) is 3.35. The molecule has 2 aliphatic rings. The lowest BCUT2D eigenvalue weighted by molar-refractivity contribution is 0.190. The number of piperidine rings is 1. The van der Waals surface area contributed by atoms with Crippen LogP contribution in [0, 0.1) is 11.7 Å². The van der Waals surface area contributed by atoms with Gasteiger partial charge in [0, 0.05) is 30.7 Å². The quantitative estimate of drug-likeness (QED) is 0.857. The number of benzene rings is 1. The van der Waals surface area contributed by atoms with Crippen LogP contribution in [-0.4, -0.2) is 30.6 Å². The van der Waals surface area contributed by atoms with E-state index in [1.54, 1.807) is 12.1 Å². The minimum absolute atomic E-state index is 0.0783. The van der Waals surface area contributed by atoms with Crippen molar-refractivity contribution in [2.45, 2.75) is 44.7 Å². The maximum atomic E-state index is 14.1. The highest BCUT2D eigenvalue weighted by atomic mass is 19.1. The van der Waals surface area contributed by atoms with Gasteiger partial charge in [0.25, 0.3) is 0 Å².